The SMILES string of the molecule is Cc1ccc([N+](=O)[O-])cc1S(=O)(=O)N(Cc1ccccn1)Cc1ccco1. The van der Waals surface area contributed by atoms with E-state index in [0.717, 1.165) is 6.07 Å². The number of non-ortho nitro benzene ring substituents is 1. The van der Waals surface area contributed by atoms with Gasteiger partial charge in [-0.2, -0.15) is 4.31 Å². The maximum absolute atomic E-state index is 13.3. The molecule has 0 unspecified atom stereocenters. The van der Waals surface area contributed by atoms with Gasteiger partial charge in [-0.15, -0.1) is 0 Å². The smallest absolute Gasteiger partial charge is 0.270 e. The number of aryl methyl sites for hydroxylation is 1. The van der Waals surface area contributed by atoms with Crippen molar-refractivity contribution < 1.29 is 17.8 Å². The third-order valence-electron chi connectivity index (χ3n) is 3.98. The van der Waals surface area contributed by atoms with Crippen LogP contribution >= 0.6 is 0 Å². The number of hydrogen-bond donors (Lipinski definition) is 0. The van der Waals surface area contributed by atoms with Crippen molar-refractivity contribution >= 4 is 15.7 Å². The van der Waals surface area contributed by atoms with E-state index in [2.05, 4.69) is 4.98 Å². The number of furan rings is 1. The van der Waals surface area contributed by atoms with Crippen molar-refractivity contribution in [1.82, 2.24) is 9.29 Å². The zero-order valence-corrected chi connectivity index (χ0v) is 15.3. The highest BCUT2D eigenvalue weighted by atomic mass is 32.2. The summed E-state index contributed by atoms with van der Waals surface area (Å²) in [5, 5.41) is 11.1. The lowest BCUT2D eigenvalue weighted by molar-refractivity contribution is -0.385. The Morgan fingerprint density at radius 2 is 1.96 bits per heavy atom. The fourth-order valence-corrected chi connectivity index (χ4v) is 4.22. The molecule has 0 aliphatic heterocycles. The number of benzene rings is 1. The molecular formula is C18H17N3O5S. The second-order valence-corrected chi connectivity index (χ2v) is 7.79. The third kappa shape index (κ3) is 4.21. The van der Waals surface area contributed by atoms with Crippen LogP contribution < -0.4 is 0 Å². The van der Waals surface area contributed by atoms with Gasteiger partial charge in [0.25, 0.3) is 5.69 Å². The van der Waals surface area contributed by atoms with Gasteiger partial charge in [0.2, 0.25) is 10.0 Å². The summed E-state index contributed by atoms with van der Waals surface area (Å²) in [5.41, 5.74) is 0.691. The average Bonchev–Trinajstić information content (AvgIpc) is 3.15. The summed E-state index contributed by atoms with van der Waals surface area (Å²) in [5.74, 6) is 0.456. The van der Waals surface area contributed by atoms with Gasteiger partial charge in [-0.25, -0.2) is 8.42 Å². The number of nitro groups is 1. The predicted molar refractivity (Wildman–Crippen MR) is 97.2 cm³/mol. The highest BCUT2D eigenvalue weighted by Crippen LogP contribution is 2.27. The minimum atomic E-state index is -4.03. The number of nitrogens with zero attached hydrogens (tertiary/aromatic N) is 3. The minimum Gasteiger partial charge on any atom is -0.468 e. The van der Waals surface area contributed by atoms with Crippen LogP contribution in [0.5, 0.6) is 0 Å². The largest absolute Gasteiger partial charge is 0.468 e. The molecule has 0 bridgehead atoms. The first-order valence-corrected chi connectivity index (χ1v) is 9.49. The maximum Gasteiger partial charge on any atom is 0.270 e. The van der Waals surface area contributed by atoms with E-state index in [4.69, 9.17) is 4.42 Å². The fraction of sp³-hybridized carbons (Fsp3) is 0.167. The van der Waals surface area contributed by atoms with E-state index >= 15 is 0 Å². The molecule has 0 atom stereocenters. The van der Waals surface area contributed by atoms with Crippen molar-refractivity contribution in [2.45, 2.75) is 24.9 Å². The first kappa shape index (κ1) is 18.7. The molecule has 3 aromatic rings. The summed E-state index contributed by atoms with van der Waals surface area (Å²) in [6.45, 7) is 1.59. The minimum absolute atomic E-state index is 0.00596. The van der Waals surface area contributed by atoms with Crippen molar-refractivity contribution in [2.75, 3.05) is 0 Å². The van der Waals surface area contributed by atoms with Gasteiger partial charge in [-0.3, -0.25) is 15.1 Å². The second-order valence-electron chi connectivity index (χ2n) is 5.88. The molecule has 0 spiro atoms. The normalized spacial score (nSPS) is 11.6. The van der Waals surface area contributed by atoms with Crippen LogP contribution in [-0.4, -0.2) is 22.6 Å². The molecule has 9 heteroatoms. The maximum atomic E-state index is 13.3. The van der Waals surface area contributed by atoms with Crippen molar-refractivity contribution in [3.63, 3.8) is 0 Å². The molecule has 140 valence electrons. The van der Waals surface area contributed by atoms with Gasteiger partial charge in [-0.05, 0) is 36.8 Å². The molecule has 0 aliphatic rings. The van der Waals surface area contributed by atoms with E-state index in [1.807, 2.05) is 0 Å². The summed E-state index contributed by atoms with van der Waals surface area (Å²) in [7, 11) is -4.03. The molecule has 0 amide bonds. The van der Waals surface area contributed by atoms with Crippen LogP contribution in [0.25, 0.3) is 0 Å². The Hall–Kier alpha value is -3.04. The van der Waals surface area contributed by atoms with Gasteiger partial charge in [-0.1, -0.05) is 12.1 Å². The van der Waals surface area contributed by atoms with Crippen LogP contribution in [0.4, 0.5) is 5.69 Å². The van der Waals surface area contributed by atoms with E-state index in [1.165, 1.54) is 22.7 Å². The van der Waals surface area contributed by atoms with Gasteiger partial charge < -0.3 is 4.42 Å². The lowest BCUT2D eigenvalue weighted by Crippen LogP contribution is -2.31. The van der Waals surface area contributed by atoms with Crippen LogP contribution in [0.1, 0.15) is 17.0 Å². The molecule has 0 aliphatic carbocycles. The van der Waals surface area contributed by atoms with Gasteiger partial charge in [0.05, 0.1) is 34.9 Å². The van der Waals surface area contributed by atoms with Crippen molar-refractivity contribution in [3.05, 3.63) is 88.1 Å². The highest BCUT2D eigenvalue weighted by Gasteiger charge is 2.29. The number of sulfonamides is 1. The lowest BCUT2D eigenvalue weighted by Gasteiger charge is -2.22. The Balaban J connectivity index is 2.04. The van der Waals surface area contributed by atoms with Gasteiger partial charge in [0, 0.05) is 18.3 Å². The predicted octanol–water partition coefficient (Wildman–Crippen LogP) is 3.28. The van der Waals surface area contributed by atoms with Crippen LogP contribution in [0, 0.1) is 17.0 Å². The molecule has 1 aromatic carbocycles. The van der Waals surface area contributed by atoms with E-state index in [-0.39, 0.29) is 23.7 Å². The number of hydrogen-bond acceptors (Lipinski definition) is 6. The van der Waals surface area contributed by atoms with E-state index in [9.17, 15) is 18.5 Å². The Morgan fingerprint density at radius 1 is 1.15 bits per heavy atom. The molecule has 0 saturated carbocycles. The van der Waals surface area contributed by atoms with E-state index < -0.39 is 14.9 Å². The van der Waals surface area contributed by atoms with Crippen LogP contribution in [0.3, 0.4) is 0 Å². The summed E-state index contributed by atoms with van der Waals surface area (Å²) in [4.78, 5) is 14.5. The molecule has 2 heterocycles. The number of nitro benzene ring substituents is 1. The van der Waals surface area contributed by atoms with Crippen molar-refractivity contribution in [3.8, 4) is 0 Å². The van der Waals surface area contributed by atoms with E-state index in [0.29, 0.717) is 17.0 Å². The molecule has 0 N–H and O–H groups in total. The molecule has 3 rings (SSSR count). The molecule has 27 heavy (non-hydrogen) atoms. The Labute approximate surface area is 156 Å². The zero-order chi connectivity index (χ0) is 19.4. The zero-order valence-electron chi connectivity index (χ0n) is 14.5. The molecule has 0 fully saturated rings. The van der Waals surface area contributed by atoms with Crippen molar-refractivity contribution in [1.29, 1.82) is 0 Å². The monoisotopic (exact) mass is 387 g/mol. The summed E-state index contributed by atoms with van der Waals surface area (Å²) >= 11 is 0. The topological polar surface area (TPSA) is 107 Å². The second kappa shape index (κ2) is 7.68. The highest BCUT2D eigenvalue weighted by molar-refractivity contribution is 7.89. The van der Waals surface area contributed by atoms with Gasteiger partial charge in [0.1, 0.15) is 5.76 Å². The number of rotatable bonds is 7. The van der Waals surface area contributed by atoms with Gasteiger partial charge in [0.15, 0.2) is 0 Å². The Bertz CT molecular complexity index is 1030. The first-order valence-electron chi connectivity index (χ1n) is 8.05. The summed E-state index contributed by atoms with van der Waals surface area (Å²) in [6.07, 6.45) is 3.03. The number of aromatic nitrogens is 1. The first-order chi connectivity index (χ1) is 12.9. The number of pyridine rings is 1. The molecule has 0 radical (unpaired) electrons. The molecule has 2 aromatic heterocycles. The van der Waals surface area contributed by atoms with Crippen LogP contribution in [0.2, 0.25) is 0 Å². The van der Waals surface area contributed by atoms with Crippen LogP contribution in [-0.2, 0) is 23.1 Å². The van der Waals surface area contributed by atoms with Crippen molar-refractivity contribution in [2.24, 2.45) is 0 Å². The lowest BCUT2D eigenvalue weighted by atomic mass is 10.2. The van der Waals surface area contributed by atoms with E-state index in [1.54, 1.807) is 43.5 Å². The third-order valence-corrected chi connectivity index (χ3v) is 5.91. The molecule has 0 saturated heterocycles. The Morgan fingerprint density at radius 3 is 2.59 bits per heavy atom. The van der Waals surface area contributed by atoms with Gasteiger partial charge >= 0.3 is 0 Å². The molecule has 8 nitrogen and oxygen atoms in total. The fourth-order valence-electron chi connectivity index (χ4n) is 2.59. The Kier molecular flexibility index (Phi) is 5.33. The van der Waals surface area contributed by atoms with Crippen LogP contribution in [0.15, 0.2) is 70.3 Å². The standard InChI is InChI=1S/C18H17N3O5S/c1-14-7-8-16(21(22)23)11-18(14)27(24,25)20(13-17-6-4-10-26-17)12-15-5-2-3-9-19-15/h2-11H,12-13H2,1H3. The quantitative estimate of drug-likeness (QED) is 0.455. The summed E-state index contributed by atoms with van der Waals surface area (Å²) < 4.78 is 33.1. The average molecular weight is 387 g/mol. The summed E-state index contributed by atoms with van der Waals surface area (Å²) in [6, 6.07) is 12.3. The molecular weight excluding hydrogens is 370 g/mol.